The van der Waals surface area contributed by atoms with Crippen LogP contribution in [0.1, 0.15) is 52.0 Å². The molecule has 1 aromatic carbocycles. The highest BCUT2D eigenvalue weighted by Crippen LogP contribution is 2.40. The van der Waals surface area contributed by atoms with Crippen LogP contribution >= 0.6 is 0 Å². The van der Waals surface area contributed by atoms with E-state index < -0.39 is 0 Å². The summed E-state index contributed by atoms with van der Waals surface area (Å²) in [6, 6.07) is 10.6. The van der Waals surface area contributed by atoms with Gasteiger partial charge in [-0.05, 0) is 48.5 Å². The van der Waals surface area contributed by atoms with Crippen LogP contribution in [-0.4, -0.2) is 0 Å². The first-order valence-electron chi connectivity index (χ1n) is 7.29. The van der Waals surface area contributed by atoms with Gasteiger partial charge in [-0.2, -0.15) is 0 Å². The number of hydrogen-bond acceptors (Lipinski definition) is 0. The smallest absolute Gasteiger partial charge is 0.0230 e. The molecule has 0 amide bonds. The van der Waals surface area contributed by atoms with E-state index in [0.717, 1.165) is 11.8 Å². The molecule has 0 heteroatoms. The second-order valence-electron chi connectivity index (χ2n) is 6.75. The third-order valence-corrected chi connectivity index (χ3v) is 4.36. The molecule has 0 nitrogen and oxygen atoms in total. The van der Waals surface area contributed by atoms with E-state index in [1.807, 2.05) is 0 Å². The lowest BCUT2D eigenvalue weighted by molar-refractivity contribution is 0.163. The van der Waals surface area contributed by atoms with Gasteiger partial charge < -0.3 is 0 Å². The van der Waals surface area contributed by atoms with E-state index in [4.69, 9.17) is 0 Å². The molecule has 2 rings (SSSR count). The molecular weight excluding hydrogens is 216 g/mol. The van der Waals surface area contributed by atoms with Crippen LogP contribution < -0.4 is 0 Å². The van der Waals surface area contributed by atoms with E-state index in [-0.39, 0.29) is 0 Å². The van der Waals surface area contributed by atoms with Crippen molar-refractivity contribution < 1.29 is 0 Å². The van der Waals surface area contributed by atoms with Crippen molar-refractivity contribution in [2.24, 2.45) is 17.3 Å². The first kappa shape index (κ1) is 13.4. The van der Waals surface area contributed by atoms with Gasteiger partial charge in [-0.25, -0.2) is 0 Å². The molecule has 1 fully saturated rings. The number of rotatable bonds is 2. The summed E-state index contributed by atoms with van der Waals surface area (Å²) in [4.78, 5) is 0. The average Bonchev–Trinajstić information content (AvgIpc) is 2.37. The molecule has 0 aliphatic heterocycles. The molecule has 1 saturated carbocycles. The van der Waals surface area contributed by atoms with E-state index >= 15 is 0 Å². The number of allylic oxidation sites excluding steroid dienone is 1. The minimum Gasteiger partial charge on any atom is -0.0808 e. The predicted octanol–water partition coefficient (Wildman–Crippen LogP) is 5.55. The summed E-state index contributed by atoms with van der Waals surface area (Å²) in [6.45, 7) is 7.16. The molecule has 0 unspecified atom stereocenters. The lowest BCUT2D eigenvalue weighted by Gasteiger charge is -2.36. The molecule has 98 valence electrons. The second kappa shape index (κ2) is 5.73. The van der Waals surface area contributed by atoms with Crippen LogP contribution in [0, 0.1) is 17.3 Å². The van der Waals surface area contributed by atoms with Gasteiger partial charge in [0.2, 0.25) is 0 Å². The molecule has 1 aliphatic carbocycles. The Morgan fingerprint density at radius 1 is 0.944 bits per heavy atom. The monoisotopic (exact) mass is 242 g/mol. The molecule has 0 aromatic heterocycles. The fourth-order valence-corrected chi connectivity index (χ4v) is 2.99. The predicted molar refractivity (Wildman–Crippen MR) is 80.4 cm³/mol. The highest BCUT2D eigenvalue weighted by atomic mass is 14.3. The summed E-state index contributed by atoms with van der Waals surface area (Å²) >= 11 is 0. The van der Waals surface area contributed by atoms with Gasteiger partial charge in [-0.15, -0.1) is 0 Å². The Morgan fingerprint density at radius 3 is 2.11 bits per heavy atom. The third-order valence-electron chi connectivity index (χ3n) is 4.36. The number of benzene rings is 1. The van der Waals surface area contributed by atoms with E-state index in [9.17, 15) is 0 Å². The van der Waals surface area contributed by atoms with Crippen LogP contribution in [-0.2, 0) is 0 Å². The standard InChI is InChI=1S/C18H26/c1-18(2,3)17-13-11-16(12-14-17)10-9-15-7-5-4-6-8-15/h4-10,16-17H,11-14H2,1-3H3. The molecule has 0 atom stereocenters. The first-order valence-corrected chi connectivity index (χ1v) is 7.29. The van der Waals surface area contributed by atoms with Gasteiger partial charge >= 0.3 is 0 Å². The van der Waals surface area contributed by atoms with Crippen LogP contribution in [0.5, 0.6) is 0 Å². The van der Waals surface area contributed by atoms with Crippen LogP contribution in [0.3, 0.4) is 0 Å². The van der Waals surface area contributed by atoms with Crippen LogP contribution in [0.25, 0.3) is 6.08 Å². The molecule has 0 spiro atoms. The second-order valence-corrected chi connectivity index (χ2v) is 6.75. The highest BCUT2D eigenvalue weighted by molar-refractivity contribution is 5.48. The van der Waals surface area contributed by atoms with Crippen LogP contribution in [0.2, 0.25) is 0 Å². The summed E-state index contributed by atoms with van der Waals surface area (Å²) in [5, 5.41) is 0. The van der Waals surface area contributed by atoms with E-state index in [1.54, 1.807) is 0 Å². The maximum Gasteiger partial charge on any atom is -0.0230 e. The topological polar surface area (TPSA) is 0 Å². The largest absolute Gasteiger partial charge is 0.0808 e. The van der Waals surface area contributed by atoms with Gasteiger partial charge in [-0.1, -0.05) is 63.3 Å². The molecule has 0 heterocycles. The van der Waals surface area contributed by atoms with Gasteiger partial charge in [0.15, 0.2) is 0 Å². The quantitative estimate of drug-likeness (QED) is 0.637. The maximum atomic E-state index is 2.42. The molecule has 0 bridgehead atoms. The Morgan fingerprint density at radius 2 is 1.56 bits per heavy atom. The van der Waals surface area contributed by atoms with Crippen molar-refractivity contribution in [3.05, 3.63) is 42.0 Å². The van der Waals surface area contributed by atoms with Crippen molar-refractivity contribution in [2.75, 3.05) is 0 Å². The van der Waals surface area contributed by atoms with E-state index in [1.165, 1.54) is 31.2 Å². The zero-order valence-electron chi connectivity index (χ0n) is 12.0. The van der Waals surface area contributed by atoms with Gasteiger partial charge in [0, 0.05) is 0 Å². The van der Waals surface area contributed by atoms with Crippen molar-refractivity contribution in [3.8, 4) is 0 Å². The van der Waals surface area contributed by atoms with Gasteiger partial charge in [-0.3, -0.25) is 0 Å². The molecule has 1 aromatic rings. The van der Waals surface area contributed by atoms with E-state index in [0.29, 0.717) is 5.41 Å². The normalized spacial score (nSPS) is 25.5. The Hall–Kier alpha value is -1.04. The van der Waals surface area contributed by atoms with Gasteiger partial charge in [0.25, 0.3) is 0 Å². The Kier molecular flexibility index (Phi) is 4.27. The fraction of sp³-hybridized carbons (Fsp3) is 0.556. The summed E-state index contributed by atoms with van der Waals surface area (Å²) < 4.78 is 0. The lowest BCUT2D eigenvalue weighted by Crippen LogP contribution is -2.25. The fourth-order valence-electron chi connectivity index (χ4n) is 2.99. The summed E-state index contributed by atoms with van der Waals surface area (Å²) in [5.41, 5.74) is 1.82. The average molecular weight is 242 g/mol. The Bertz CT molecular complexity index is 372. The van der Waals surface area contributed by atoms with E-state index in [2.05, 4.69) is 63.3 Å². The molecule has 0 N–H and O–H groups in total. The van der Waals surface area contributed by atoms with Gasteiger partial charge in [0.05, 0.1) is 0 Å². The first-order chi connectivity index (χ1) is 8.55. The molecule has 0 radical (unpaired) electrons. The summed E-state index contributed by atoms with van der Waals surface area (Å²) in [5.74, 6) is 1.71. The highest BCUT2D eigenvalue weighted by Gasteiger charge is 2.28. The molecule has 1 aliphatic rings. The minimum atomic E-state index is 0.494. The maximum absolute atomic E-state index is 2.42. The molecular formula is C18H26. The zero-order valence-corrected chi connectivity index (χ0v) is 12.0. The summed E-state index contributed by atoms with van der Waals surface area (Å²) in [7, 11) is 0. The van der Waals surface area contributed by atoms with Crippen molar-refractivity contribution in [1.29, 1.82) is 0 Å². The van der Waals surface area contributed by atoms with Crippen LogP contribution in [0.15, 0.2) is 36.4 Å². The molecule has 18 heavy (non-hydrogen) atoms. The SMILES string of the molecule is CC(C)(C)C1CCC(C=Cc2ccccc2)CC1. The van der Waals surface area contributed by atoms with Gasteiger partial charge in [0.1, 0.15) is 0 Å². The third kappa shape index (κ3) is 3.73. The Labute approximate surface area is 112 Å². The minimum absolute atomic E-state index is 0.494. The lowest BCUT2D eigenvalue weighted by atomic mass is 9.70. The summed E-state index contributed by atoms with van der Waals surface area (Å²) in [6.07, 6.45) is 10.2. The molecule has 0 saturated heterocycles. The van der Waals surface area contributed by atoms with Crippen molar-refractivity contribution in [3.63, 3.8) is 0 Å². The van der Waals surface area contributed by atoms with Crippen molar-refractivity contribution >= 4 is 6.08 Å². The Balaban J connectivity index is 1.86. The van der Waals surface area contributed by atoms with Crippen LogP contribution in [0.4, 0.5) is 0 Å². The van der Waals surface area contributed by atoms with Crippen molar-refractivity contribution in [2.45, 2.75) is 46.5 Å². The number of hydrogen-bond donors (Lipinski definition) is 0. The zero-order chi connectivity index (χ0) is 13.0. The van der Waals surface area contributed by atoms with Crippen molar-refractivity contribution in [1.82, 2.24) is 0 Å².